The van der Waals surface area contributed by atoms with Crippen LogP contribution in [0.1, 0.15) is 50.2 Å². The molecule has 1 heterocycles. The molecule has 4 heteroatoms. The van der Waals surface area contributed by atoms with E-state index in [9.17, 15) is 9.90 Å². The molecular weight excluding hydrogens is 290 g/mol. The zero-order valence-electron chi connectivity index (χ0n) is 13.4. The molecule has 2 saturated carbocycles. The third kappa shape index (κ3) is 3.29. The standard InChI is InChI=1S/C19H25NO3/c21-16-9-5-4-8-15(16)20(12-13-10-11-13)19(22)18-17(23-18)14-6-2-1-3-7-14/h1-3,6-7,13,15-18,21H,4-5,8-12H2/t15-,16-,17+,18-/m1/s1. The number of hydrogen-bond donors (Lipinski definition) is 1. The monoisotopic (exact) mass is 315 g/mol. The van der Waals surface area contributed by atoms with E-state index in [1.807, 2.05) is 35.2 Å². The highest BCUT2D eigenvalue weighted by Crippen LogP contribution is 2.41. The Bertz CT molecular complexity index is 557. The smallest absolute Gasteiger partial charge is 0.255 e. The molecule has 3 aliphatic rings. The second kappa shape index (κ2) is 6.25. The Kier molecular flexibility index (Phi) is 4.12. The lowest BCUT2D eigenvalue weighted by Gasteiger charge is -2.37. The molecule has 0 spiro atoms. The van der Waals surface area contributed by atoms with Crippen molar-refractivity contribution in [2.45, 2.75) is 62.9 Å². The van der Waals surface area contributed by atoms with Gasteiger partial charge in [-0.25, -0.2) is 0 Å². The molecular formula is C19H25NO3. The minimum Gasteiger partial charge on any atom is -0.391 e. The number of nitrogens with zero attached hydrogens (tertiary/aromatic N) is 1. The van der Waals surface area contributed by atoms with Crippen molar-refractivity contribution < 1.29 is 14.6 Å². The van der Waals surface area contributed by atoms with Crippen LogP contribution in [0.4, 0.5) is 0 Å². The third-order valence-electron chi connectivity index (χ3n) is 5.39. The van der Waals surface area contributed by atoms with E-state index >= 15 is 0 Å². The summed E-state index contributed by atoms with van der Waals surface area (Å²) in [6.45, 7) is 0.794. The zero-order valence-corrected chi connectivity index (χ0v) is 13.4. The Hall–Kier alpha value is -1.39. The molecule has 1 amide bonds. The van der Waals surface area contributed by atoms with Gasteiger partial charge in [0.25, 0.3) is 5.91 Å². The first-order chi connectivity index (χ1) is 11.2. The number of amides is 1. The predicted octanol–water partition coefficient (Wildman–Crippen LogP) is 2.67. The van der Waals surface area contributed by atoms with Crippen molar-refractivity contribution in [3.8, 4) is 0 Å². The Labute approximate surface area is 137 Å². The molecule has 1 N–H and O–H groups in total. The molecule has 2 aliphatic carbocycles. The van der Waals surface area contributed by atoms with E-state index in [4.69, 9.17) is 4.74 Å². The SMILES string of the molecule is O=C([C@@H]1O[C@H]1c1ccccc1)N(CC1CC1)[C@@H]1CCCC[C@H]1O. The summed E-state index contributed by atoms with van der Waals surface area (Å²) in [6.07, 6.45) is 5.48. The molecule has 1 aromatic rings. The van der Waals surface area contributed by atoms with Crippen LogP contribution in [0.2, 0.25) is 0 Å². The molecule has 3 fully saturated rings. The summed E-state index contributed by atoms with van der Waals surface area (Å²) in [5.41, 5.74) is 1.07. The summed E-state index contributed by atoms with van der Waals surface area (Å²) in [4.78, 5) is 14.9. The van der Waals surface area contributed by atoms with Crippen molar-refractivity contribution in [2.24, 2.45) is 5.92 Å². The van der Waals surface area contributed by atoms with Gasteiger partial charge in [-0.3, -0.25) is 4.79 Å². The number of rotatable bonds is 5. The average molecular weight is 315 g/mol. The molecule has 0 radical (unpaired) electrons. The summed E-state index contributed by atoms with van der Waals surface area (Å²) in [7, 11) is 0. The van der Waals surface area contributed by atoms with Gasteiger partial charge in [-0.1, -0.05) is 43.2 Å². The zero-order chi connectivity index (χ0) is 15.8. The second-order valence-electron chi connectivity index (χ2n) is 7.24. The lowest BCUT2D eigenvalue weighted by Crippen LogP contribution is -2.50. The number of carbonyl (C=O) groups is 1. The molecule has 1 aromatic carbocycles. The van der Waals surface area contributed by atoms with Gasteiger partial charge >= 0.3 is 0 Å². The van der Waals surface area contributed by atoms with Crippen LogP contribution in [0, 0.1) is 5.92 Å². The van der Waals surface area contributed by atoms with Crippen molar-refractivity contribution >= 4 is 5.91 Å². The Morgan fingerprint density at radius 1 is 1.13 bits per heavy atom. The van der Waals surface area contributed by atoms with Gasteiger partial charge in [0.2, 0.25) is 0 Å². The summed E-state index contributed by atoms with van der Waals surface area (Å²) < 4.78 is 5.70. The van der Waals surface area contributed by atoms with E-state index in [0.29, 0.717) is 5.92 Å². The van der Waals surface area contributed by atoms with Gasteiger partial charge in [0.1, 0.15) is 6.10 Å². The average Bonchev–Trinajstić information content (AvgIpc) is 3.48. The van der Waals surface area contributed by atoms with E-state index in [1.165, 1.54) is 12.8 Å². The lowest BCUT2D eigenvalue weighted by molar-refractivity contribution is -0.139. The molecule has 1 saturated heterocycles. The minimum absolute atomic E-state index is 0.0162. The van der Waals surface area contributed by atoms with Crippen LogP contribution < -0.4 is 0 Å². The topological polar surface area (TPSA) is 53.1 Å². The molecule has 4 rings (SSSR count). The van der Waals surface area contributed by atoms with Gasteiger partial charge in [0.15, 0.2) is 6.10 Å². The predicted molar refractivity (Wildman–Crippen MR) is 86.8 cm³/mol. The van der Waals surface area contributed by atoms with Crippen molar-refractivity contribution in [1.29, 1.82) is 0 Å². The molecule has 1 aliphatic heterocycles. The number of benzene rings is 1. The first kappa shape index (κ1) is 15.2. The van der Waals surface area contributed by atoms with Gasteiger partial charge in [-0.15, -0.1) is 0 Å². The Morgan fingerprint density at radius 2 is 1.87 bits per heavy atom. The minimum atomic E-state index is -0.375. The highest BCUT2D eigenvalue weighted by Gasteiger charge is 2.50. The van der Waals surface area contributed by atoms with Gasteiger partial charge < -0.3 is 14.7 Å². The lowest BCUT2D eigenvalue weighted by atomic mass is 9.90. The molecule has 124 valence electrons. The Balaban J connectivity index is 1.47. The van der Waals surface area contributed by atoms with Crippen LogP contribution in [0.3, 0.4) is 0 Å². The maximum atomic E-state index is 13.0. The summed E-state index contributed by atoms with van der Waals surface area (Å²) >= 11 is 0. The van der Waals surface area contributed by atoms with Crippen LogP contribution in [0.15, 0.2) is 30.3 Å². The van der Waals surface area contributed by atoms with Gasteiger partial charge in [0.05, 0.1) is 12.1 Å². The van der Waals surface area contributed by atoms with Crippen molar-refractivity contribution in [3.05, 3.63) is 35.9 Å². The normalized spacial score (nSPS) is 33.3. The Morgan fingerprint density at radius 3 is 2.57 bits per heavy atom. The molecule has 4 atom stereocenters. The van der Waals surface area contributed by atoms with Crippen molar-refractivity contribution in [1.82, 2.24) is 4.90 Å². The number of aliphatic hydroxyl groups excluding tert-OH is 1. The summed E-state index contributed by atoms with van der Waals surface area (Å²) in [6, 6.07) is 9.94. The maximum Gasteiger partial charge on any atom is 0.255 e. The molecule has 0 bridgehead atoms. The fraction of sp³-hybridized carbons (Fsp3) is 0.632. The number of carbonyl (C=O) groups excluding carboxylic acids is 1. The number of aliphatic hydroxyl groups is 1. The van der Waals surface area contributed by atoms with Crippen LogP contribution in [-0.2, 0) is 9.53 Å². The van der Waals surface area contributed by atoms with Crippen LogP contribution in [-0.4, -0.2) is 40.7 Å². The first-order valence-corrected chi connectivity index (χ1v) is 8.93. The van der Waals surface area contributed by atoms with E-state index in [-0.39, 0.29) is 30.3 Å². The van der Waals surface area contributed by atoms with E-state index in [1.54, 1.807) is 0 Å². The van der Waals surface area contributed by atoms with E-state index < -0.39 is 0 Å². The van der Waals surface area contributed by atoms with Crippen molar-refractivity contribution in [3.63, 3.8) is 0 Å². The fourth-order valence-corrected chi connectivity index (χ4v) is 3.78. The van der Waals surface area contributed by atoms with Crippen LogP contribution >= 0.6 is 0 Å². The van der Waals surface area contributed by atoms with Crippen molar-refractivity contribution in [2.75, 3.05) is 6.54 Å². The van der Waals surface area contributed by atoms with Gasteiger partial charge in [0, 0.05) is 6.54 Å². The van der Waals surface area contributed by atoms with E-state index in [2.05, 4.69) is 0 Å². The number of epoxide rings is 1. The quantitative estimate of drug-likeness (QED) is 0.850. The number of ether oxygens (including phenoxy) is 1. The van der Waals surface area contributed by atoms with Crippen LogP contribution in [0.5, 0.6) is 0 Å². The largest absolute Gasteiger partial charge is 0.391 e. The summed E-state index contributed by atoms with van der Waals surface area (Å²) in [5, 5.41) is 10.4. The highest BCUT2D eigenvalue weighted by atomic mass is 16.6. The highest BCUT2D eigenvalue weighted by molar-refractivity contribution is 5.84. The van der Waals surface area contributed by atoms with Gasteiger partial charge in [-0.2, -0.15) is 0 Å². The molecule has 4 nitrogen and oxygen atoms in total. The summed E-state index contributed by atoms with van der Waals surface area (Å²) in [5.74, 6) is 0.707. The van der Waals surface area contributed by atoms with E-state index in [0.717, 1.165) is 37.8 Å². The maximum absolute atomic E-state index is 13.0. The number of hydrogen-bond acceptors (Lipinski definition) is 3. The third-order valence-corrected chi connectivity index (χ3v) is 5.39. The van der Waals surface area contributed by atoms with Gasteiger partial charge in [-0.05, 0) is 37.2 Å². The molecule has 23 heavy (non-hydrogen) atoms. The molecule has 0 aromatic heterocycles. The molecule has 0 unspecified atom stereocenters. The van der Waals surface area contributed by atoms with Crippen LogP contribution in [0.25, 0.3) is 0 Å². The first-order valence-electron chi connectivity index (χ1n) is 8.93. The fourth-order valence-electron chi connectivity index (χ4n) is 3.78. The second-order valence-corrected chi connectivity index (χ2v) is 7.24.